The van der Waals surface area contributed by atoms with Gasteiger partial charge in [0.25, 0.3) is 0 Å². The van der Waals surface area contributed by atoms with Crippen LogP contribution < -0.4 is 0 Å². The van der Waals surface area contributed by atoms with Gasteiger partial charge in [-0.2, -0.15) is 0 Å². The molecular weight excluding hydrogens is 417 g/mol. The third-order valence-electron chi connectivity index (χ3n) is 7.07. The molecule has 0 radical (unpaired) electrons. The second kappa shape index (κ2) is 8.32. The minimum Gasteiger partial charge on any atom is -0.384 e. The number of rotatable bonds is 4. The SMILES string of the molecule is Cc1cc(-c2ccnc3[nH]cc(F)c23)ncc1C1(O)[C@H](C)CN(Cc2ccncc2)C[C@@H]1C. The van der Waals surface area contributed by atoms with E-state index >= 15 is 0 Å². The number of halogens is 1. The van der Waals surface area contributed by atoms with Crippen molar-refractivity contribution in [1.29, 1.82) is 0 Å². The first-order chi connectivity index (χ1) is 15.9. The molecule has 3 atom stereocenters. The summed E-state index contributed by atoms with van der Waals surface area (Å²) in [6, 6.07) is 7.79. The van der Waals surface area contributed by atoms with Gasteiger partial charge in [0.15, 0.2) is 5.82 Å². The third kappa shape index (κ3) is 3.71. The highest BCUT2D eigenvalue weighted by Gasteiger charge is 2.46. The molecule has 5 rings (SSSR count). The maximum absolute atomic E-state index is 14.4. The van der Waals surface area contributed by atoms with Crippen molar-refractivity contribution in [2.75, 3.05) is 13.1 Å². The smallest absolute Gasteiger partial charge is 0.150 e. The van der Waals surface area contributed by atoms with Crippen LogP contribution in [0.25, 0.3) is 22.3 Å². The number of aliphatic hydroxyl groups is 1. The van der Waals surface area contributed by atoms with Crippen LogP contribution in [0.15, 0.2) is 55.2 Å². The van der Waals surface area contributed by atoms with Gasteiger partial charge in [-0.05, 0) is 42.3 Å². The van der Waals surface area contributed by atoms with E-state index < -0.39 is 5.60 Å². The summed E-state index contributed by atoms with van der Waals surface area (Å²) in [5, 5.41) is 12.4. The lowest BCUT2D eigenvalue weighted by Crippen LogP contribution is -2.54. The molecule has 1 saturated heterocycles. The first kappa shape index (κ1) is 21.7. The first-order valence-corrected chi connectivity index (χ1v) is 11.3. The number of hydrogen-bond donors (Lipinski definition) is 2. The van der Waals surface area contributed by atoms with Crippen LogP contribution in [0.1, 0.15) is 30.5 Å². The first-order valence-electron chi connectivity index (χ1n) is 11.3. The molecule has 1 aliphatic heterocycles. The summed E-state index contributed by atoms with van der Waals surface area (Å²) < 4.78 is 14.4. The number of nitrogens with zero attached hydrogens (tertiary/aromatic N) is 4. The molecule has 0 aromatic carbocycles. The highest BCUT2D eigenvalue weighted by molar-refractivity contribution is 5.92. The average Bonchev–Trinajstić information content (AvgIpc) is 3.19. The quantitative estimate of drug-likeness (QED) is 0.486. The number of piperidine rings is 1. The van der Waals surface area contributed by atoms with Crippen molar-refractivity contribution in [2.45, 2.75) is 32.9 Å². The fourth-order valence-corrected chi connectivity index (χ4v) is 5.37. The second-order valence-corrected chi connectivity index (χ2v) is 9.28. The summed E-state index contributed by atoms with van der Waals surface area (Å²) in [6.07, 6.45) is 8.36. The van der Waals surface area contributed by atoms with Crippen molar-refractivity contribution in [2.24, 2.45) is 11.8 Å². The molecule has 2 N–H and O–H groups in total. The lowest BCUT2D eigenvalue weighted by Gasteiger charge is -2.48. The molecule has 0 bridgehead atoms. The van der Waals surface area contributed by atoms with Crippen molar-refractivity contribution in [3.05, 3.63) is 77.8 Å². The van der Waals surface area contributed by atoms with Crippen LogP contribution in [0, 0.1) is 24.6 Å². The number of aromatic amines is 1. The minimum atomic E-state index is -0.989. The molecule has 1 fully saturated rings. The Morgan fingerprint density at radius 2 is 1.85 bits per heavy atom. The number of fused-ring (bicyclic) bond motifs is 1. The highest BCUT2D eigenvalue weighted by Crippen LogP contribution is 2.43. The summed E-state index contributed by atoms with van der Waals surface area (Å²) in [6.45, 7) is 8.60. The van der Waals surface area contributed by atoms with E-state index in [0.717, 1.165) is 30.8 Å². The van der Waals surface area contributed by atoms with Crippen LogP contribution in [0.5, 0.6) is 0 Å². The van der Waals surface area contributed by atoms with E-state index in [9.17, 15) is 9.50 Å². The number of aryl methyl sites for hydroxylation is 1. The largest absolute Gasteiger partial charge is 0.384 e. The van der Waals surface area contributed by atoms with Gasteiger partial charge in [-0.1, -0.05) is 13.8 Å². The van der Waals surface area contributed by atoms with E-state index in [4.69, 9.17) is 0 Å². The monoisotopic (exact) mass is 445 g/mol. The molecule has 1 unspecified atom stereocenters. The van der Waals surface area contributed by atoms with E-state index in [1.807, 2.05) is 37.5 Å². The van der Waals surface area contributed by atoms with E-state index in [1.165, 1.54) is 11.8 Å². The molecule has 0 spiro atoms. The zero-order valence-electron chi connectivity index (χ0n) is 19.1. The molecule has 7 heteroatoms. The molecule has 5 heterocycles. The van der Waals surface area contributed by atoms with E-state index in [0.29, 0.717) is 22.3 Å². The van der Waals surface area contributed by atoms with Gasteiger partial charge in [-0.15, -0.1) is 0 Å². The Labute approximate surface area is 192 Å². The zero-order valence-corrected chi connectivity index (χ0v) is 19.1. The van der Waals surface area contributed by atoms with Crippen LogP contribution in [0.4, 0.5) is 4.39 Å². The van der Waals surface area contributed by atoms with Crippen molar-refractivity contribution in [1.82, 2.24) is 24.8 Å². The highest BCUT2D eigenvalue weighted by atomic mass is 19.1. The van der Waals surface area contributed by atoms with Crippen LogP contribution in [-0.4, -0.2) is 43.0 Å². The van der Waals surface area contributed by atoms with Crippen LogP contribution >= 0.6 is 0 Å². The van der Waals surface area contributed by atoms with Gasteiger partial charge in [0.1, 0.15) is 5.65 Å². The lowest BCUT2D eigenvalue weighted by molar-refractivity contribution is -0.114. The zero-order chi connectivity index (χ0) is 23.2. The topological polar surface area (TPSA) is 77.9 Å². The molecule has 0 amide bonds. The molecule has 33 heavy (non-hydrogen) atoms. The average molecular weight is 446 g/mol. The van der Waals surface area contributed by atoms with Gasteiger partial charge < -0.3 is 10.1 Å². The maximum atomic E-state index is 14.4. The van der Waals surface area contributed by atoms with Crippen LogP contribution in [0.3, 0.4) is 0 Å². The normalized spacial score (nSPS) is 23.8. The number of likely N-dealkylation sites (tertiary alicyclic amines) is 1. The summed E-state index contributed by atoms with van der Waals surface area (Å²) in [4.78, 5) is 18.2. The molecule has 4 aromatic rings. The number of nitrogens with one attached hydrogen (secondary N) is 1. The Morgan fingerprint density at radius 1 is 1.12 bits per heavy atom. The maximum Gasteiger partial charge on any atom is 0.150 e. The van der Waals surface area contributed by atoms with Gasteiger partial charge >= 0.3 is 0 Å². The Hall–Kier alpha value is -3.16. The Morgan fingerprint density at radius 3 is 2.55 bits per heavy atom. The number of H-pyrrole nitrogens is 1. The Bertz CT molecular complexity index is 1280. The van der Waals surface area contributed by atoms with Crippen molar-refractivity contribution >= 4 is 11.0 Å². The van der Waals surface area contributed by atoms with Gasteiger partial charge in [0.2, 0.25) is 0 Å². The number of aromatic nitrogens is 4. The second-order valence-electron chi connectivity index (χ2n) is 9.28. The molecular formula is C26H28FN5O. The van der Waals surface area contributed by atoms with Crippen LogP contribution in [-0.2, 0) is 12.1 Å². The van der Waals surface area contributed by atoms with Gasteiger partial charge in [-0.3, -0.25) is 14.9 Å². The van der Waals surface area contributed by atoms with Gasteiger partial charge in [-0.25, -0.2) is 9.37 Å². The third-order valence-corrected chi connectivity index (χ3v) is 7.07. The molecule has 4 aromatic heterocycles. The molecule has 6 nitrogen and oxygen atoms in total. The summed E-state index contributed by atoms with van der Waals surface area (Å²) in [5.41, 5.74) is 3.87. The van der Waals surface area contributed by atoms with E-state index in [1.54, 1.807) is 18.5 Å². The fraction of sp³-hybridized carbons (Fsp3) is 0.346. The predicted molar refractivity (Wildman–Crippen MR) is 126 cm³/mol. The molecule has 1 aliphatic rings. The van der Waals surface area contributed by atoms with Gasteiger partial charge in [0.05, 0.1) is 16.7 Å². The standard InChI is InChI=1S/C26H28FN5O/c1-16-10-23(20-6-9-29-25-24(20)22(27)12-31-25)30-11-21(16)26(33)17(2)13-32(14-18(26)3)15-19-4-7-28-8-5-19/h4-12,17-18,33H,13-15H2,1-3H3,(H,29,31)/t17-,18+,26?. The number of pyridine rings is 3. The van der Waals surface area contributed by atoms with Crippen LogP contribution in [0.2, 0.25) is 0 Å². The predicted octanol–water partition coefficient (Wildman–Crippen LogP) is 4.44. The minimum absolute atomic E-state index is 0.0178. The number of hydrogen-bond acceptors (Lipinski definition) is 5. The van der Waals surface area contributed by atoms with Crippen molar-refractivity contribution in [3.63, 3.8) is 0 Å². The van der Waals surface area contributed by atoms with E-state index in [-0.39, 0.29) is 17.7 Å². The van der Waals surface area contributed by atoms with Gasteiger partial charge in [0, 0.05) is 73.6 Å². The molecule has 0 saturated carbocycles. The van der Waals surface area contributed by atoms with Crippen molar-refractivity contribution in [3.8, 4) is 11.3 Å². The lowest BCUT2D eigenvalue weighted by atomic mass is 9.70. The summed E-state index contributed by atoms with van der Waals surface area (Å²) >= 11 is 0. The molecule has 170 valence electrons. The molecule has 0 aliphatic carbocycles. The Kier molecular flexibility index (Phi) is 5.46. The summed E-state index contributed by atoms with van der Waals surface area (Å²) in [5.74, 6) is -0.313. The fourth-order valence-electron chi connectivity index (χ4n) is 5.37. The van der Waals surface area contributed by atoms with Crippen molar-refractivity contribution < 1.29 is 9.50 Å². The summed E-state index contributed by atoms with van der Waals surface area (Å²) in [7, 11) is 0. The Balaban J connectivity index is 1.45. The van der Waals surface area contributed by atoms with E-state index in [2.05, 4.69) is 38.7 Å².